The van der Waals surface area contributed by atoms with Crippen molar-refractivity contribution in [2.24, 2.45) is 0 Å². The topological polar surface area (TPSA) is 15.8 Å². The fourth-order valence-corrected chi connectivity index (χ4v) is 2.51. The van der Waals surface area contributed by atoms with E-state index in [1.54, 1.807) is 0 Å². The Morgan fingerprint density at radius 1 is 1.00 bits per heavy atom. The van der Waals surface area contributed by atoms with E-state index in [1.165, 1.54) is 38.5 Å². The van der Waals surface area contributed by atoms with Gasteiger partial charge in [-0.05, 0) is 48.7 Å². The lowest BCUT2D eigenvalue weighted by atomic mass is 10.0. The number of fused-ring (bicyclic) bond motifs is 3. The molecule has 1 heteroatoms. The molecule has 80 valence electrons. The van der Waals surface area contributed by atoms with Crippen molar-refractivity contribution in [1.82, 2.24) is 4.98 Å². The van der Waals surface area contributed by atoms with Gasteiger partial charge in [0.1, 0.15) is 0 Å². The van der Waals surface area contributed by atoms with Crippen LogP contribution in [0.4, 0.5) is 0 Å². The van der Waals surface area contributed by atoms with Crippen LogP contribution in [-0.2, 0) is 0 Å². The van der Waals surface area contributed by atoms with Gasteiger partial charge in [-0.25, -0.2) is 0 Å². The Bertz CT molecular complexity index is 689. The molecule has 0 amide bonds. The lowest BCUT2D eigenvalue weighted by molar-refractivity contribution is 1.25. The van der Waals surface area contributed by atoms with Crippen LogP contribution in [-0.4, -0.2) is 4.98 Å². The van der Waals surface area contributed by atoms with Crippen LogP contribution in [0.3, 0.4) is 0 Å². The Kier molecular flexibility index (Phi) is 1.84. The minimum atomic E-state index is 1.27. The molecule has 3 aromatic rings. The van der Waals surface area contributed by atoms with E-state index < -0.39 is 0 Å². The quantitative estimate of drug-likeness (QED) is 0.569. The monoisotopic (exact) mass is 209 g/mol. The van der Waals surface area contributed by atoms with E-state index in [0.29, 0.717) is 0 Å². The molecule has 0 saturated heterocycles. The number of rotatable bonds is 0. The van der Waals surface area contributed by atoms with Crippen molar-refractivity contribution >= 4 is 21.7 Å². The molecule has 1 N–H and O–H groups in total. The summed E-state index contributed by atoms with van der Waals surface area (Å²) in [6.45, 7) is 6.51. The summed E-state index contributed by atoms with van der Waals surface area (Å²) in [6, 6.07) is 10.9. The summed E-state index contributed by atoms with van der Waals surface area (Å²) >= 11 is 0. The van der Waals surface area contributed by atoms with E-state index in [9.17, 15) is 0 Å². The smallest absolute Gasteiger partial charge is 0.0494 e. The van der Waals surface area contributed by atoms with Crippen molar-refractivity contribution in [2.75, 3.05) is 0 Å². The van der Waals surface area contributed by atoms with E-state index >= 15 is 0 Å². The van der Waals surface area contributed by atoms with Crippen LogP contribution < -0.4 is 0 Å². The van der Waals surface area contributed by atoms with Gasteiger partial charge in [0, 0.05) is 16.6 Å². The molecule has 0 radical (unpaired) electrons. The van der Waals surface area contributed by atoms with Crippen molar-refractivity contribution in [3.8, 4) is 0 Å². The van der Waals surface area contributed by atoms with Gasteiger partial charge in [0.25, 0.3) is 0 Å². The van der Waals surface area contributed by atoms with Crippen LogP contribution in [0.25, 0.3) is 21.7 Å². The third-order valence-electron chi connectivity index (χ3n) is 3.50. The summed E-state index contributed by atoms with van der Waals surface area (Å²) in [7, 11) is 0. The highest BCUT2D eigenvalue weighted by Gasteiger charge is 2.09. The average molecular weight is 209 g/mol. The fourth-order valence-electron chi connectivity index (χ4n) is 2.51. The molecule has 0 saturated carbocycles. The van der Waals surface area contributed by atoms with E-state index in [-0.39, 0.29) is 0 Å². The van der Waals surface area contributed by atoms with Crippen LogP contribution in [0.5, 0.6) is 0 Å². The number of aryl methyl sites for hydroxylation is 3. The van der Waals surface area contributed by atoms with Gasteiger partial charge >= 0.3 is 0 Å². The molecular formula is C15H15N. The predicted molar refractivity (Wildman–Crippen MR) is 70.0 cm³/mol. The first-order chi connectivity index (χ1) is 7.68. The van der Waals surface area contributed by atoms with E-state index in [0.717, 1.165) is 0 Å². The number of aromatic nitrogens is 1. The molecule has 0 aliphatic rings. The van der Waals surface area contributed by atoms with Gasteiger partial charge in [-0.1, -0.05) is 24.3 Å². The normalized spacial score (nSPS) is 11.4. The van der Waals surface area contributed by atoms with E-state index in [2.05, 4.69) is 56.1 Å². The van der Waals surface area contributed by atoms with Gasteiger partial charge in [-0.2, -0.15) is 0 Å². The highest BCUT2D eigenvalue weighted by atomic mass is 14.7. The van der Waals surface area contributed by atoms with Crippen LogP contribution >= 0.6 is 0 Å². The molecule has 0 aliphatic heterocycles. The summed E-state index contributed by atoms with van der Waals surface area (Å²) < 4.78 is 0. The molecule has 1 nitrogen and oxygen atoms in total. The van der Waals surface area contributed by atoms with Crippen molar-refractivity contribution in [2.45, 2.75) is 20.8 Å². The summed E-state index contributed by atoms with van der Waals surface area (Å²) in [5.74, 6) is 0. The number of benzene rings is 2. The number of hydrogen-bond donors (Lipinski definition) is 1. The average Bonchev–Trinajstić information content (AvgIpc) is 2.57. The van der Waals surface area contributed by atoms with Crippen LogP contribution in [0, 0.1) is 20.8 Å². The summed E-state index contributed by atoms with van der Waals surface area (Å²) in [5, 5.41) is 4.06. The first-order valence-corrected chi connectivity index (χ1v) is 5.65. The Hall–Kier alpha value is -1.76. The van der Waals surface area contributed by atoms with Crippen LogP contribution in [0.15, 0.2) is 30.3 Å². The number of hydrogen-bond acceptors (Lipinski definition) is 0. The molecule has 16 heavy (non-hydrogen) atoms. The minimum absolute atomic E-state index is 1.27. The van der Waals surface area contributed by atoms with Gasteiger partial charge < -0.3 is 4.98 Å². The highest BCUT2D eigenvalue weighted by molar-refractivity contribution is 6.09. The minimum Gasteiger partial charge on any atom is -0.358 e. The lowest BCUT2D eigenvalue weighted by Crippen LogP contribution is -1.80. The molecule has 1 aromatic heterocycles. The second-order valence-electron chi connectivity index (χ2n) is 4.54. The molecule has 0 fully saturated rings. The molecule has 1 heterocycles. The number of H-pyrrole nitrogens is 1. The molecule has 2 aromatic carbocycles. The second-order valence-corrected chi connectivity index (χ2v) is 4.54. The largest absolute Gasteiger partial charge is 0.358 e. The zero-order chi connectivity index (χ0) is 11.3. The summed E-state index contributed by atoms with van der Waals surface area (Å²) in [6.07, 6.45) is 0. The zero-order valence-corrected chi connectivity index (χ0v) is 9.89. The maximum absolute atomic E-state index is 3.49. The molecule has 0 bridgehead atoms. The van der Waals surface area contributed by atoms with Gasteiger partial charge in [-0.15, -0.1) is 0 Å². The van der Waals surface area contributed by atoms with Crippen molar-refractivity contribution in [1.29, 1.82) is 0 Å². The van der Waals surface area contributed by atoms with Gasteiger partial charge in [0.2, 0.25) is 0 Å². The van der Waals surface area contributed by atoms with Gasteiger partial charge in [0.15, 0.2) is 0 Å². The molecule has 0 aliphatic carbocycles. The van der Waals surface area contributed by atoms with Gasteiger partial charge in [-0.3, -0.25) is 0 Å². The number of nitrogens with one attached hydrogen (secondary N) is 1. The highest BCUT2D eigenvalue weighted by Crippen LogP contribution is 2.31. The SMILES string of the molecule is Cc1[nH]c2c(C)cc3ccccc3c2c1C. The molecular weight excluding hydrogens is 194 g/mol. The van der Waals surface area contributed by atoms with E-state index in [1.807, 2.05) is 0 Å². The number of aromatic amines is 1. The first-order valence-electron chi connectivity index (χ1n) is 5.65. The molecule has 0 unspecified atom stereocenters. The fraction of sp³-hybridized carbons (Fsp3) is 0.200. The van der Waals surface area contributed by atoms with Crippen molar-refractivity contribution < 1.29 is 0 Å². The molecule has 0 spiro atoms. The van der Waals surface area contributed by atoms with E-state index in [4.69, 9.17) is 0 Å². The Morgan fingerprint density at radius 2 is 1.75 bits per heavy atom. The second kappa shape index (κ2) is 3.11. The Balaban J connectivity index is 2.67. The predicted octanol–water partition coefficient (Wildman–Crippen LogP) is 4.25. The maximum atomic E-state index is 3.49. The third kappa shape index (κ3) is 1.12. The third-order valence-corrected chi connectivity index (χ3v) is 3.50. The summed E-state index contributed by atoms with van der Waals surface area (Å²) in [4.78, 5) is 3.49. The van der Waals surface area contributed by atoms with Crippen LogP contribution in [0.1, 0.15) is 16.8 Å². The standard InChI is InChI=1S/C15H15N/c1-9-8-12-6-4-5-7-13(12)14-10(2)11(3)16-15(9)14/h4-8,16H,1-3H3. The molecule has 3 rings (SSSR count). The van der Waals surface area contributed by atoms with Crippen LogP contribution in [0.2, 0.25) is 0 Å². The zero-order valence-electron chi connectivity index (χ0n) is 9.89. The van der Waals surface area contributed by atoms with Crippen molar-refractivity contribution in [3.63, 3.8) is 0 Å². The Labute approximate surface area is 95.1 Å². The first kappa shape index (κ1) is 9.46. The lowest BCUT2D eigenvalue weighted by Gasteiger charge is -2.03. The van der Waals surface area contributed by atoms with Crippen molar-refractivity contribution in [3.05, 3.63) is 47.2 Å². The van der Waals surface area contributed by atoms with Gasteiger partial charge in [0.05, 0.1) is 0 Å². The summed E-state index contributed by atoms with van der Waals surface area (Å²) in [5.41, 5.74) is 5.25. The Morgan fingerprint density at radius 3 is 2.56 bits per heavy atom. The maximum Gasteiger partial charge on any atom is 0.0494 e. The molecule has 0 atom stereocenters.